The van der Waals surface area contributed by atoms with Crippen LogP contribution in [0.25, 0.3) is 0 Å². The van der Waals surface area contributed by atoms with E-state index in [1.54, 1.807) is 0 Å². The molecule has 0 fully saturated rings. The number of hydrogen-bond donors (Lipinski definition) is 2. The Hall–Kier alpha value is -2.04. The van der Waals surface area contributed by atoms with E-state index in [2.05, 4.69) is 39.6 Å². The number of halogens is 1. The molecule has 0 saturated heterocycles. The largest absolute Gasteiger partial charge is 0.486 e. The average Bonchev–Trinajstić information content (AvgIpc) is 3.18. The van der Waals surface area contributed by atoms with Gasteiger partial charge < -0.3 is 24.6 Å². The molecule has 0 radical (unpaired) electrons. The van der Waals surface area contributed by atoms with Crippen LogP contribution in [0.2, 0.25) is 0 Å². The minimum atomic E-state index is -0.0989. The molecule has 1 atom stereocenters. The van der Waals surface area contributed by atoms with Gasteiger partial charge in [0, 0.05) is 25.4 Å². The lowest BCUT2D eigenvalue weighted by molar-refractivity contribution is 0.0971. The Morgan fingerprint density at radius 1 is 1.24 bits per heavy atom. The Kier molecular flexibility index (Phi) is 9.49. The first-order valence-corrected chi connectivity index (χ1v) is 9.88. The number of aromatic nitrogens is 2. The summed E-state index contributed by atoms with van der Waals surface area (Å²) in [4.78, 5) is 9.02. The normalized spacial score (nSPS) is 15.7. The molecule has 0 bridgehead atoms. The van der Waals surface area contributed by atoms with Gasteiger partial charge in [-0.2, -0.15) is 4.98 Å². The zero-order valence-corrected chi connectivity index (χ0v) is 19.5. The second kappa shape index (κ2) is 11.8. The Labute approximate surface area is 188 Å². The van der Waals surface area contributed by atoms with Gasteiger partial charge in [0.1, 0.15) is 6.61 Å². The average molecular weight is 515 g/mol. The number of aliphatic imine (C=N–C) groups is 1. The first-order valence-electron chi connectivity index (χ1n) is 9.88. The van der Waals surface area contributed by atoms with Gasteiger partial charge in [0.25, 0.3) is 0 Å². The van der Waals surface area contributed by atoms with E-state index in [9.17, 15) is 0 Å². The lowest BCUT2D eigenvalue weighted by Gasteiger charge is -2.25. The lowest BCUT2D eigenvalue weighted by Crippen LogP contribution is -2.40. The van der Waals surface area contributed by atoms with E-state index in [0.717, 1.165) is 49.2 Å². The Morgan fingerprint density at radius 2 is 2.03 bits per heavy atom. The van der Waals surface area contributed by atoms with Crippen LogP contribution in [-0.4, -0.2) is 48.4 Å². The van der Waals surface area contributed by atoms with E-state index in [-0.39, 0.29) is 36.0 Å². The van der Waals surface area contributed by atoms with Crippen LogP contribution in [0.4, 0.5) is 0 Å². The molecule has 160 valence electrons. The van der Waals surface area contributed by atoms with E-state index >= 15 is 0 Å². The summed E-state index contributed by atoms with van der Waals surface area (Å²) < 4.78 is 17.0. The summed E-state index contributed by atoms with van der Waals surface area (Å²) in [5.74, 6) is 4.04. The summed E-state index contributed by atoms with van der Waals surface area (Å²) in [6.45, 7) is 8.71. The molecule has 2 N–H and O–H groups in total. The molecular formula is C20H30IN5O3. The first kappa shape index (κ1) is 23.2. The third-order valence-electron chi connectivity index (χ3n) is 4.22. The van der Waals surface area contributed by atoms with Crippen LogP contribution in [0, 0.1) is 0 Å². The number of nitrogens with zero attached hydrogens (tertiary/aromatic N) is 3. The highest BCUT2D eigenvalue weighted by Crippen LogP contribution is 2.30. The minimum Gasteiger partial charge on any atom is -0.486 e. The quantitative estimate of drug-likeness (QED) is 0.242. The van der Waals surface area contributed by atoms with Gasteiger partial charge in [-0.15, -0.1) is 24.0 Å². The predicted molar refractivity (Wildman–Crippen MR) is 122 cm³/mol. The summed E-state index contributed by atoms with van der Waals surface area (Å²) in [6.07, 6.45) is 1.52. The molecule has 2 heterocycles. The van der Waals surface area contributed by atoms with Gasteiger partial charge in [0.15, 0.2) is 29.4 Å². The summed E-state index contributed by atoms with van der Waals surface area (Å²) in [5.41, 5.74) is 0. The van der Waals surface area contributed by atoms with Gasteiger partial charge in [0.2, 0.25) is 5.89 Å². The Morgan fingerprint density at radius 3 is 2.76 bits per heavy atom. The fourth-order valence-electron chi connectivity index (χ4n) is 2.74. The number of hydrogen-bond acceptors (Lipinski definition) is 6. The number of fused-ring (bicyclic) bond motifs is 1. The van der Waals surface area contributed by atoms with Crippen LogP contribution < -0.4 is 20.1 Å². The van der Waals surface area contributed by atoms with Crippen molar-refractivity contribution >= 4 is 29.9 Å². The van der Waals surface area contributed by atoms with Crippen LogP contribution in [0.3, 0.4) is 0 Å². The van der Waals surface area contributed by atoms with Crippen molar-refractivity contribution in [2.75, 3.05) is 26.2 Å². The number of rotatable bonds is 8. The second-order valence-corrected chi connectivity index (χ2v) is 6.95. The third kappa shape index (κ3) is 7.06. The fourth-order valence-corrected chi connectivity index (χ4v) is 2.74. The summed E-state index contributed by atoms with van der Waals surface area (Å²) >= 11 is 0. The van der Waals surface area contributed by atoms with Crippen molar-refractivity contribution in [2.24, 2.45) is 4.99 Å². The Balaban J connectivity index is 0.00000300. The van der Waals surface area contributed by atoms with Gasteiger partial charge in [-0.25, -0.2) is 4.99 Å². The lowest BCUT2D eigenvalue weighted by atomic mass is 10.2. The highest BCUT2D eigenvalue weighted by atomic mass is 127. The number of para-hydroxylation sites is 2. The molecule has 1 aromatic carbocycles. The molecular weight excluding hydrogens is 485 g/mol. The zero-order chi connectivity index (χ0) is 19.8. The number of benzene rings is 1. The Bertz CT molecular complexity index is 781. The molecule has 29 heavy (non-hydrogen) atoms. The van der Waals surface area contributed by atoms with E-state index in [1.165, 1.54) is 0 Å². The summed E-state index contributed by atoms with van der Waals surface area (Å²) in [6, 6.07) is 7.70. The molecule has 1 aromatic heterocycles. The molecule has 8 nitrogen and oxygen atoms in total. The smallest absolute Gasteiger partial charge is 0.226 e. The van der Waals surface area contributed by atoms with Crippen molar-refractivity contribution < 1.29 is 14.0 Å². The number of guanidine groups is 1. The molecule has 9 heteroatoms. The van der Waals surface area contributed by atoms with Crippen LogP contribution in [0.15, 0.2) is 33.8 Å². The molecule has 3 rings (SSSR count). The second-order valence-electron chi connectivity index (χ2n) is 6.95. The molecule has 1 aliphatic rings. The predicted octanol–water partition coefficient (Wildman–Crippen LogP) is 3.14. The number of ether oxygens (including phenoxy) is 2. The third-order valence-corrected chi connectivity index (χ3v) is 4.22. The van der Waals surface area contributed by atoms with Crippen molar-refractivity contribution in [3.05, 3.63) is 36.0 Å². The molecule has 2 aromatic rings. The van der Waals surface area contributed by atoms with Gasteiger partial charge in [0.05, 0.1) is 6.54 Å². The standard InChI is InChI=1S/C20H29N5O3.HI/c1-4-21-20(22-11-7-10-18-24-19(14(2)3)25-28-18)23-12-15-13-26-16-8-5-6-9-17(16)27-15;/h5-6,8-9,14-15H,4,7,10-13H2,1-3H3,(H2,21,22,23);1H. The van der Waals surface area contributed by atoms with Crippen LogP contribution >= 0.6 is 24.0 Å². The summed E-state index contributed by atoms with van der Waals surface area (Å²) in [5, 5.41) is 10.6. The van der Waals surface area contributed by atoms with E-state index in [0.29, 0.717) is 19.0 Å². The molecule has 0 saturated carbocycles. The van der Waals surface area contributed by atoms with Crippen molar-refractivity contribution in [3.8, 4) is 11.5 Å². The minimum absolute atomic E-state index is 0. The topological polar surface area (TPSA) is 93.8 Å². The molecule has 0 amide bonds. The van der Waals surface area contributed by atoms with Gasteiger partial charge in [-0.3, -0.25) is 0 Å². The monoisotopic (exact) mass is 515 g/mol. The number of aryl methyl sites for hydroxylation is 1. The van der Waals surface area contributed by atoms with E-state index in [1.807, 2.05) is 31.2 Å². The molecule has 1 unspecified atom stereocenters. The fraction of sp³-hybridized carbons (Fsp3) is 0.550. The maximum atomic E-state index is 5.95. The summed E-state index contributed by atoms with van der Waals surface area (Å²) in [7, 11) is 0. The maximum Gasteiger partial charge on any atom is 0.226 e. The highest BCUT2D eigenvalue weighted by molar-refractivity contribution is 14.0. The SMILES string of the molecule is CCNC(=NCC1COc2ccccc2O1)NCCCc1nc(C(C)C)no1.I. The van der Waals surface area contributed by atoms with Crippen molar-refractivity contribution in [2.45, 2.75) is 45.6 Å². The van der Waals surface area contributed by atoms with Crippen molar-refractivity contribution in [1.82, 2.24) is 20.8 Å². The number of nitrogens with one attached hydrogen (secondary N) is 2. The van der Waals surface area contributed by atoms with Gasteiger partial charge in [-0.05, 0) is 25.5 Å². The molecule has 0 aliphatic carbocycles. The van der Waals surface area contributed by atoms with Gasteiger partial charge in [-0.1, -0.05) is 31.1 Å². The first-order chi connectivity index (χ1) is 13.7. The molecule has 0 spiro atoms. The zero-order valence-electron chi connectivity index (χ0n) is 17.2. The van der Waals surface area contributed by atoms with Crippen molar-refractivity contribution in [3.63, 3.8) is 0 Å². The highest BCUT2D eigenvalue weighted by Gasteiger charge is 2.20. The van der Waals surface area contributed by atoms with E-state index < -0.39 is 0 Å². The van der Waals surface area contributed by atoms with E-state index in [4.69, 9.17) is 14.0 Å². The molecule has 1 aliphatic heterocycles. The van der Waals surface area contributed by atoms with Crippen molar-refractivity contribution in [1.29, 1.82) is 0 Å². The van der Waals surface area contributed by atoms with Crippen LogP contribution in [-0.2, 0) is 6.42 Å². The van der Waals surface area contributed by atoms with Crippen LogP contribution in [0.1, 0.15) is 44.8 Å². The van der Waals surface area contributed by atoms with Gasteiger partial charge >= 0.3 is 0 Å². The van der Waals surface area contributed by atoms with Crippen LogP contribution in [0.5, 0.6) is 11.5 Å². The maximum absolute atomic E-state index is 5.95.